The van der Waals surface area contributed by atoms with Crippen molar-refractivity contribution in [3.63, 3.8) is 0 Å². The molecule has 2 heterocycles. The fourth-order valence-electron chi connectivity index (χ4n) is 2.00. The summed E-state index contributed by atoms with van der Waals surface area (Å²) >= 11 is 0. The van der Waals surface area contributed by atoms with Crippen molar-refractivity contribution in [2.45, 2.75) is 45.3 Å². The van der Waals surface area contributed by atoms with Gasteiger partial charge in [0.05, 0.1) is 23.9 Å². The number of ether oxygens (including phenoxy) is 1. The van der Waals surface area contributed by atoms with Crippen LogP contribution in [0, 0.1) is 0 Å². The second-order valence-electron chi connectivity index (χ2n) is 5.71. The maximum Gasteiger partial charge on any atom is 0.518 e. The van der Waals surface area contributed by atoms with Crippen LogP contribution in [0.4, 0.5) is 8.78 Å². The van der Waals surface area contributed by atoms with Gasteiger partial charge in [-0.3, -0.25) is 4.98 Å². The van der Waals surface area contributed by atoms with E-state index in [1.807, 2.05) is 27.7 Å². The Hall–Kier alpha value is -1.21. The molecule has 1 saturated heterocycles. The summed E-state index contributed by atoms with van der Waals surface area (Å²) in [4.78, 5) is 4.10. The Kier molecular flexibility index (Phi) is 3.77. The lowest BCUT2D eigenvalue weighted by Gasteiger charge is -2.32. The number of halogens is 2. The summed E-state index contributed by atoms with van der Waals surface area (Å²) < 4.78 is 42.7. The highest BCUT2D eigenvalue weighted by atomic mass is 19.3. The van der Waals surface area contributed by atoms with E-state index in [1.165, 1.54) is 19.4 Å². The highest BCUT2D eigenvalue weighted by Gasteiger charge is 2.53. The number of hydrogen-bond donors (Lipinski definition) is 0. The quantitative estimate of drug-likeness (QED) is 0.799. The second kappa shape index (κ2) is 4.97. The minimum Gasteiger partial charge on any atom is -0.495 e. The zero-order valence-corrected chi connectivity index (χ0v) is 12.2. The van der Waals surface area contributed by atoms with Gasteiger partial charge in [0.15, 0.2) is 0 Å². The van der Waals surface area contributed by atoms with Crippen molar-refractivity contribution < 1.29 is 22.8 Å². The molecule has 1 aromatic rings. The SMILES string of the molecule is COc1c(C(F)F)ccnc1B1OC(C)(C)C(C)(C)O1. The van der Waals surface area contributed by atoms with E-state index in [1.54, 1.807) is 0 Å². The predicted octanol–water partition coefficient (Wildman–Crippen LogP) is 2.33. The Bertz CT molecular complexity index is 492. The molecule has 1 fully saturated rings. The molecular weight excluding hydrogens is 267 g/mol. The van der Waals surface area contributed by atoms with Crippen molar-refractivity contribution in [3.8, 4) is 5.75 Å². The Balaban J connectivity index is 2.43. The number of methoxy groups -OCH3 is 1. The average molecular weight is 285 g/mol. The molecule has 1 aliphatic heterocycles. The van der Waals surface area contributed by atoms with Crippen LogP contribution in [-0.4, -0.2) is 30.4 Å². The minimum atomic E-state index is -2.64. The molecule has 0 atom stereocenters. The summed E-state index contributed by atoms with van der Waals surface area (Å²) in [7, 11) is 0.506. The Morgan fingerprint density at radius 3 is 2.20 bits per heavy atom. The first-order valence-corrected chi connectivity index (χ1v) is 6.36. The third-order valence-corrected chi connectivity index (χ3v) is 3.88. The third-order valence-electron chi connectivity index (χ3n) is 3.88. The molecule has 1 aromatic heterocycles. The fraction of sp³-hybridized carbons (Fsp3) is 0.615. The van der Waals surface area contributed by atoms with Crippen molar-refractivity contribution in [2.75, 3.05) is 7.11 Å². The molecule has 4 nitrogen and oxygen atoms in total. The average Bonchev–Trinajstić information content (AvgIpc) is 2.57. The molecule has 0 amide bonds. The monoisotopic (exact) mass is 285 g/mol. The van der Waals surface area contributed by atoms with Gasteiger partial charge in [0.25, 0.3) is 6.43 Å². The number of pyridine rings is 1. The smallest absolute Gasteiger partial charge is 0.495 e. The van der Waals surface area contributed by atoms with Crippen molar-refractivity contribution in [3.05, 3.63) is 17.8 Å². The normalized spacial score (nSPS) is 20.5. The van der Waals surface area contributed by atoms with E-state index in [0.717, 1.165) is 0 Å². The minimum absolute atomic E-state index is 0.0148. The first-order valence-electron chi connectivity index (χ1n) is 6.36. The van der Waals surface area contributed by atoms with E-state index in [9.17, 15) is 8.78 Å². The van der Waals surface area contributed by atoms with Crippen LogP contribution in [0.25, 0.3) is 0 Å². The van der Waals surface area contributed by atoms with Crippen LogP contribution in [0.2, 0.25) is 0 Å². The van der Waals surface area contributed by atoms with E-state index in [-0.39, 0.29) is 16.9 Å². The maximum atomic E-state index is 13.0. The molecule has 0 radical (unpaired) electrons. The summed E-state index contributed by atoms with van der Waals surface area (Å²) in [6.45, 7) is 7.54. The molecule has 0 aliphatic carbocycles. The summed E-state index contributed by atoms with van der Waals surface area (Å²) in [5.41, 5.74) is -1.10. The molecule has 0 unspecified atom stereocenters. The first-order chi connectivity index (χ1) is 9.19. The zero-order chi connectivity index (χ0) is 15.1. The van der Waals surface area contributed by atoms with Gasteiger partial charge in [-0.15, -0.1) is 0 Å². The summed E-state index contributed by atoms with van der Waals surface area (Å²) in [5.74, 6) is 0.0148. The van der Waals surface area contributed by atoms with E-state index >= 15 is 0 Å². The van der Waals surface area contributed by atoms with Crippen molar-refractivity contribution in [1.82, 2.24) is 4.98 Å². The lowest BCUT2D eigenvalue weighted by molar-refractivity contribution is 0.00578. The van der Waals surface area contributed by atoms with E-state index in [0.29, 0.717) is 0 Å². The zero-order valence-electron chi connectivity index (χ0n) is 12.2. The van der Waals surface area contributed by atoms with Crippen LogP contribution in [-0.2, 0) is 9.31 Å². The van der Waals surface area contributed by atoms with Crippen LogP contribution >= 0.6 is 0 Å². The highest BCUT2D eigenvalue weighted by Crippen LogP contribution is 2.37. The van der Waals surface area contributed by atoms with E-state index < -0.39 is 24.7 Å². The molecule has 0 aromatic carbocycles. The van der Waals surface area contributed by atoms with Gasteiger partial charge in [0, 0.05) is 6.20 Å². The van der Waals surface area contributed by atoms with Gasteiger partial charge in [-0.25, -0.2) is 8.78 Å². The van der Waals surface area contributed by atoms with Crippen LogP contribution in [0.3, 0.4) is 0 Å². The van der Waals surface area contributed by atoms with Crippen molar-refractivity contribution in [2.24, 2.45) is 0 Å². The Morgan fingerprint density at radius 2 is 1.75 bits per heavy atom. The molecule has 1 aliphatic rings. The molecule has 7 heteroatoms. The van der Waals surface area contributed by atoms with E-state index in [4.69, 9.17) is 14.0 Å². The van der Waals surface area contributed by atoms with Crippen LogP contribution in [0.15, 0.2) is 12.3 Å². The van der Waals surface area contributed by atoms with Gasteiger partial charge in [0.1, 0.15) is 11.3 Å². The van der Waals surface area contributed by atoms with Crippen LogP contribution in [0.1, 0.15) is 39.7 Å². The topological polar surface area (TPSA) is 40.6 Å². The Labute approximate surface area is 117 Å². The van der Waals surface area contributed by atoms with Crippen LogP contribution in [0.5, 0.6) is 5.75 Å². The molecule has 20 heavy (non-hydrogen) atoms. The standard InChI is InChI=1S/C13H18BF2NO3/c1-12(2)13(3,4)20-14(19-12)10-9(18-5)8(11(15)16)6-7-17-10/h6-7,11H,1-5H3. The van der Waals surface area contributed by atoms with Gasteiger partial charge in [-0.1, -0.05) is 0 Å². The lowest BCUT2D eigenvalue weighted by Crippen LogP contribution is -2.41. The molecule has 0 saturated carbocycles. The largest absolute Gasteiger partial charge is 0.518 e. The predicted molar refractivity (Wildman–Crippen MR) is 71.5 cm³/mol. The van der Waals surface area contributed by atoms with Crippen LogP contribution < -0.4 is 10.3 Å². The number of hydrogen-bond acceptors (Lipinski definition) is 4. The van der Waals surface area contributed by atoms with Gasteiger partial charge in [-0.2, -0.15) is 0 Å². The number of nitrogens with zero attached hydrogens (tertiary/aromatic N) is 1. The summed E-state index contributed by atoms with van der Waals surface area (Å²) in [6.07, 6.45) is -1.33. The van der Waals surface area contributed by atoms with Crippen molar-refractivity contribution >= 4 is 12.7 Å². The van der Waals surface area contributed by atoms with Gasteiger partial charge in [0.2, 0.25) is 0 Å². The number of rotatable bonds is 3. The first kappa shape index (κ1) is 15.2. The fourth-order valence-corrected chi connectivity index (χ4v) is 2.00. The molecule has 0 N–H and O–H groups in total. The lowest BCUT2D eigenvalue weighted by atomic mass is 9.82. The highest BCUT2D eigenvalue weighted by molar-refractivity contribution is 6.62. The van der Waals surface area contributed by atoms with E-state index in [2.05, 4.69) is 4.98 Å². The Morgan fingerprint density at radius 1 is 1.20 bits per heavy atom. The summed E-state index contributed by atoms with van der Waals surface area (Å²) in [5, 5.41) is 0. The maximum absolute atomic E-state index is 13.0. The third kappa shape index (κ3) is 2.40. The number of aromatic nitrogens is 1. The molecule has 0 bridgehead atoms. The number of alkyl halides is 2. The molecular formula is C13H18BF2NO3. The summed E-state index contributed by atoms with van der Waals surface area (Å²) in [6, 6.07) is 1.23. The molecule has 110 valence electrons. The molecule has 0 spiro atoms. The van der Waals surface area contributed by atoms with Crippen molar-refractivity contribution in [1.29, 1.82) is 0 Å². The van der Waals surface area contributed by atoms with Gasteiger partial charge >= 0.3 is 7.12 Å². The van der Waals surface area contributed by atoms with Gasteiger partial charge in [-0.05, 0) is 33.8 Å². The molecule has 2 rings (SSSR count). The second-order valence-corrected chi connectivity index (χ2v) is 5.71. The van der Waals surface area contributed by atoms with Gasteiger partial charge < -0.3 is 14.0 Å².